The molecule has 8 heteroatoms. The number of fused-ring (bicyclic) bond motifs is 1. The number of imidazole rings is 1. The van der Waals surface area contributed by atoms with E-state index in [9.17, 15) is 8.78 Å². The number of hydrogen-bond donors (Lipinski definition) is 3. The van der Waals surface area contributed by atoms with Crippen LogP contribution in [-0.2, 0) is 0 Å². The van der Waals surface area contributed by atoms with Crippen molar-refractivity contribution in [2.75, 3.05) is 10.6 Å². The fourth-order valence-electron chi connectivity index (χ4n) is 2.15. The molecule has 0 saturated heterocycles. The minimum Gasteiger partial charge on any atom is -0.350 e. The van der Waals surface area contributed by atoms with Gasteiger partial charge in [0.1, 0.15) is 5.52 Å². The van der Waals surface area contributed by atoms with Crippen molar-refractivity contribution in [1.82, 2.24) is 19.9 Å². The van der Waals surface area contributed by atoms with Crippen molar-refractivity contribution in [3.8, 4) is 0 Å². The first-order chi connectivity index (χ1) is 11.3. The van der Waals surface area contributed by atoms with E-state index in [1.165, 1.54) is 12.1 Å². The third-order valence-corrected chi connectivity index (χ3v) is 3.13. The van der Waals surface area contributed by atoms with E-state index in [4.69, 9.17) is 0 Å². The minimum absolute atomic E-state index is 0.0485. The predicted molar refractivity (Wildman–Crippen MR) is 89.7 cm³/mol. The Balaban J connectivity index is 1.84. The van der Waals surface area contributed by atoms with E-state index in [1.807, 2.05) is 20.8 Å². The molecule has 3 rings (SSSR count). The van der Waals surface area contributed by atoms with E-state index in [1.54, 1.807) is 18.3 Å². The second-order valence-corrected chi connectivity index (χ2v) is 6.44. The number of anilines is 3. The van der Waals surface area contributed by atoms with E-state index in [-0.39, 0.29) is 11.1 Å². The van der Waals surface area contributed by atoms with Gasteiger partial charge in [0.2, 0.25) is 11.9 Å². The number of benzene rings is 1. The smallest absolute Gasteiger partial charge is 0.263 e. The molecular formula is C16H18F2N6. The molecule has 24 heavy (non-hydrogen) atoms. The first-order valence-corrected chi connectivity index (χ1v) is 7.46. The summed E-state index contributed by atoms with van der Waals surface area (Å²) in [7, 11) is 0. The van der Waals surface area contributed by atoms with Gasteiger partial charge < -0.3 is 15.6 Å². The summed E-state index contributed by atoms with van der Waals surface area (Å²) in [5, 5.41) is 6.15. The molecule has 0 amide bonds. The molecule has 1 aromatic carbocycles. The van der Waals surface area contributed by atoms with Crippen molar-refractivity contribution in [1.29, 1.82) is 0 Å². The Morgan fingerprint density at radius 2 is 1.96 bits per heavy atom. The molecule has 0 aliphatic carbocycles. The molecule has 6 nitrogen and oxygen atoms in total. The van der Waals surface area contributed by atoms with Gasteiger partial charge in [0.15, 0.2) is 5.65 Å². The van der Waals surface area contributed by atoms with Gasteiger partial charge in [-0.1, -0.05) is 12.1 Å². The number of rotatable bonds is 4. The fourth-order valence-corrected chi connectivity index (χ4v) is 2.15. The van der Waals surface area contributed by atoms with Crippen LogP contribution in [0.2, 0.25) is 0 Å². The van der Waals surface area contributed by atoms with Gasteiger partial charge in [-0.05, 0) is 32.9 Å². The van der Waals surface area contributed by atoms with E-state index in [0.717, 1.165) is 0 Å². The van der Waals surface area contributed by atoms with Crippen LogP contribution in [0.1, 0.15) is 32.8 Å². The summed E-state index contributed by atoms with van der Waals surface area (Å²) >= 11 is 0. The van der Waals surface area contributed by atoms with Crippen molar-refractivity contribution in [3.05, 3.63) is 36.0 Å². The predicted octanol–water partition coefficient (Wildman–Crippen LogP) is 4.24. The molecule has 3 N–H and O–H groups in total. The quantitative estimate of drug-likeness (QED) is 0.666. The molecule has 0 spiro atoms. The van der Waals surface area contributed by atoms with E-state index in [0.29, 0.717) is 28.7 Å². The molecular weight excluding hydrogens is 314 g/mol. The largest absolute Gasteiger partial charge is 0.350 e. The van der Waals surface area contributed by atoms with Crippen LogP contribution in [0, 0.1) is 0 Å². The summed E-state index contributed by atoms with van der Waals surface area (Å²) < 4.78 is 25.5. The number of nitrogens with zero attached hydrogens (tertiary/aromatic N) is 3. The lowest BCUT2D eigenvalue weighted by Gasteiger charge is -2.19. The second kappa shape index (κ2) is 6.03. The third kappa shape index (κ3) is 3.76. The van der Waals surface area contributed by atoms with Crippen molar-refractivity contribution >= 4 is 28.7 Å². The van der Waals surface area contributed by atoms with Crippen molar-refractivity contribution in [2.24, 2.45) is 0 Å². The highest BCUT2D eigenvalue weighted by molar-refractivity contribution is 5.75. The van der Waals surface area contributed by atoms with Crippen molar-refractivity contribution in [2.45, 2.75) is 32.7 Å². The zero-order chi connectivity index (χ0) is 17.3. The van der Waals surface area contributed by atoms with E-state index in [2.05, 4.69) is 30.6 Å². The van der Waals surface area contributed by atoms with E-state index < -0.39 is 6.43 Å². The third-order valence-electron chi connectivity index (χ3n) is 3.13. The summed E-state index contributed by atoms with van der Waals surface area (Å²) in [5.41, 5.74) is 1.46. The van der Waals surface area contributed by atoms with Crippen LogP contribution in [0.4, 0.5) is 26.4 Å². The Labute approximate surface area is 137 Å². The molecule has 0 atom stereocenters. The van der Waals surface area contributed by atoms with Crippen molar-refractivity contribution in [3.63, 3.8) is 0 Å². The maximum Gasteiger partial charge on any atom is 0.263 e. The highest BCUT2D eigenvalue weighted by Crippen LogP contribution is 2.24. The van der Waals surface area contributed by atoms with Gasteiger partial charge in [-0.2, -0.15) is 4.98 Å². The molecule has 3 aromatic rings. The Morgan fingerprint density at radius 1 is 1.17 bits per heavy atom. The van der Waals surface area contributed by atoms with Gasteiger partial charge in [-0.3, -0.25) is 0 Å². The van der Waals surface area contributed by atoms with Crippen LogP contribution in [0.5, 0.6) is 0 Å². The van der Waals surface area contributed by atoms with Crippen molar-refractivity contribution < 1.29 is 8.78 Å². The lowest BCUT2D eigenvalue weighted by atomic mass is 10.1. The van der Waals surface area contributed by atoms with Gasteiger partial charge in [-0.25, -0.2) is 18.7 Å². The average Bonchev–Trinajstić information content (AvgIpc) is 2.87. The monoisotopic (exact) mass is 332 g/mol. The zero-order valence-electron chi connectivity index (χ0n) is 13.6. The van der Waals surface area contributed by atoms with E-state index >= 15 is 0 Å². The molecule has 0 fully saturated rings. The Hall–Kier alpha value is -2.77. The molecule has 126 valence electrons. The van der Waals surface area contributed by atoms with Gasteiger partial charge in [-0.15, -0.1) is 0 Å². The standard InChI is InChI=1S/C16H18F2N6/c1-16(2,3)24-14-19-8-11-13(22-14)23-15(21-11)20-10-6-4-5-9(7-10)12(17)18/h4-8,12H,1-3H3,(H3,19,20,21,22,23,24). The average molecular weight is 332 g/mol. The maximum absolute atomic E-state index is 12.8. The molecule has 0 bridgehead atoms. The zero-order valence-corrected chi connectivity index (χ0v) is 13.6. The first kappa shape index (κ1) is 16.1. The maximum atomic E-state index is 12.8. The van der Waals surface area contributed by atoms with Crippen LogP contribution in [0.15, 0.2) is 30.5 Å². The van der Waals surface area contributed by atoms with Crippen LogP contribution in [-0.4, -0.2) is 25.5 Å². The molecule has 0 aliphatic rings. The van der Waals surface area contributed by atoms with Gasteiger partial charge >= 0.3 is 0 Å². The molecule has 0 aliphatic heterocycles. The summed E-state index contributed by atoms with van der Waals surface area (Å²) in [4.78, 5) is 15.9. The lowest BCUT2D eigenvalue weighted by Crippen LogP contribution is -2.27. The number of H-pyrrole nitrogens is 1. The molecule has 0 saturated carbocycles. The molecule has 2 aromatic heterocycles. The molecule has 2 heterocycles. The first-order valence-electron chi connectivity index (χ1n) is 7.46. The summed E-state index contributed by atoms with van der Waals surface area (Å²) in [6, 6.07) is 6.02. The van der Waals surface area contributed by atoms with Gasteiger partial charge in [0, 0.05) is 16.8 Å². The summed E-state index contributed by atoms with van der Waals surface area (Å²) in [6.45, 7) is 6.03. The molecule has 0 radical (unpaired) electrons. The lowest BCUT2D eigenvalue weighted by molar-refractivity contribution is 0.151. The van der Waals surface area contributed by atoms with Gasteiger partial charge in [0.25, 0.3) is 6.43 Å². The van der Waals surface area contributed by atoms with Crippen LogP contribution in [0.25, 0.3) is 11.2 Å². The Kier molecular flexibility index (Phi) is 4.04. The Morgan fingerprint density at radius 3 is 2.67 bits per heavy atom. The number of aromatic amines is 1. The SMILES string of the molecule is CC(C)(C)Nc1ncc2nc(Nc3cccc(C(F)F)c3)[nH]c2n1. The molecule has 0 unspecified atom stereocenters. The summed E-state index contributed by atoms with van der Waals surface area (Å²) in [5.74, 6) is 0.906. The number of nitrogens with one attached hydrogen (secondary N) is 3. The van der Waals surface area contributed by atoms with Crippen LogP contribution >= 0.6 is 0 Å². The number of hydrogen-bond acceptors (Lipinski definition) is 5. The normalized spacial score (nSPS) is 11.9. The Bertz CT molecular complexity index is 853. The minimum atomic E-state index is -2.51. The highest BCUT2D eigenvalue weighted by atomic mass is 19.3. The number of aromatic nitrogens is 4. The van der Waals surface area contributed by atoms with Crippen LogP contribution in [0.3, 0.4) is 0 Å². The fraction of sp³-hybridized carbons (Fsp3) is 0.312. The topological polar surface area (TPSA) is 78.5 Å². The van der Waals surface area contributed by atoms with Crippen LogP contribution < -0.4 is 10.6 Å². The summed E-state index contributed by atoms with van der Waals surface area (Å²) in [6.07, 6.45) is -0.910. The highest BCUT2D eigenvalue weighted by Gasteiger charge is 2.13. The van der Waals surface area contributed by atoms with Gasteiger partial charge in [0.05, 0.1) is 6.20 Å². The second-order valence-electron chi connectivity index (χ2n) is 6.44. The number of alkyl halides is 2. The number of halogens is 2.